The molecule has 2 atom stereocenters. The van der Waals surface area contributed by atoms with Gasteiger partial charge in [-0.1, -0.05) is 6.07 Å². The lowest BCUT2D eigenvalue weighted by atomic mass is 9.98. The van der Waals surface area contributed by atoms with E-state index in [-0.39, 0.29) is 24.1 Å². The molecule has 8 heteroatoms. The smallest absolute Gasteiger partial charge is 0.306 e. The Balaban J connectivity index is 1.18. The van der Waals surface area contributed by atoms with Gasteiger partial charge in [0.25, 0.3) is 0 Å². The maximum Gasteiger partial charge on any atom is 0.306 e. The number of aromatic nitrogens is 1. The number of halogens is 1. The van der Waals surface area contributed by atoms with E-state index in [4.69, 9.17) is 18.9 Å². The zero-order chi connectivity index (χ0) is 28.7. The molecule has 214 valence electrons. The van der Waals surface area contributed by atoms with Gasteiger partial charge in [0.15, 0.2) is 0 Å². The van der Waals surface area contributed by atoms with E-state index in [9.17, 15) is 9.90 Å². The molecule has 2 aliphatic rings. The summed E-state index contributed by atoms with van der Waals surface area (Å²) in [5.41, 5.74) is 2.61. The van der Waals surface area contributed by atoms with Gasteiger partial charge >= 0.3 is 5.97 Å². The minimum absolute atomic E-state index is 0.0543. The lowest BCUT2D eigenvalue weighted by molar-refractivity contribution is -0.141. The Morgan fingerprint density at radius 3 is 2.76 bits per heavy atom. The molecule has 0 bridgehead atoms. The molecule has 1 aromatic heterocycles. The van der Waals surface area contributed by atoms with Gasteiger partial charge in [0.2, 0.25) is 0 Å². The van der Waals surface area contributed by atoms with Crippen molar-refractivity contribution in [1.29, 1.82) is 0 Å². The Morgan fingerprint density at radius 2 is 1.95 bits per heavy atom. The Bertz CT molecular complexity index is 1600. The van der Waals surface area contributed by atoms with Crippen LogP contribution in [-0.4, -0.2) is 35.0 Å². The second-order valence-electron chi connectivity index (χ2n) is 11.5. The maximum atomic E-state index is 15.1. The molecule has 0 amide bonds. The highest BCUT2D eigenvalue weighted by atomic mass is 19.1. The fourth-order valence-electron chi connectivity index (χ4n) is 5.76. The molecule has 1 aliphatic heterocycles. The fourth-order valence-corrected chi connectivity index (χ4v) is 5.76. The quantitative estimate of drug-likeness (QED) is 0.226. The van der Waals surface area contributed by atoms with Crippen molar-refractivity contribution in [3.05, 3.63) is 83.3 Å². The Hall–Kier alpha value is -4.04. The number of esters is 1. The summed E-state index contributed by atoms with van der Waals surface area (Å²) in [5.74, 6) is 1.92. The zero-order valence-electron chi connectivity index (χ0n) is 23.5. The summed E-state index contributed by atoms with van der Waals surface area (Å²) in [7, 11) is 1.38. The Kier molecular flexibility index (Phi) is 7.11. The molecular formula is C33H34FNO6. The van der Waals surface area contributed by atoms with Crippen LogP contribution >= 0.6 is 0 Å². The van der Waals surface area contributed by atoms with Crippen molar-refractivity contribution < 1.29 is 33.2 Å². The van der Waals surface area contributed by atoms with Crippen LogP contribution in [0.5, 0.6) is 23.0 Å². The van der Waals surface area contributed by atoms with E-state index in [0.29, 0.717) is 61.0 Å². The topological polar surface area (TPSA) is 79.2 Å². The van der Waals surface area contributed by atoms with E-state index >= 15 is 4.39 Å². The predicted molar refractivity (Wildman–Crippen MR) is 152 cm³/mol. The van der Waals surface area contributed by atoms with Crippen molar-refractivity contribution in [3.8, 4) is 23.0 Å². The summed E-state index contributed by atoms with van der Waals surface area (Å²) in [5, 5.41) is 11.1. The van der Waals surface area contributed by atoms with Gasteiger partial charge in [-0.15, -0.1) is 0 Å². The molecule has 0 unspecified atom stereocenters. The number of nitrogens with zero attached hydrogens (tertiary/aromatic N) is 1. The van der Waals surface area contributed by atoms with E-state index in [1.807, 2.05) is 62.5 Å². The summed E-state index contributed by atoms with van der Waals surface area (Å²) < 4.78 is 40.4. The number of aryl methyl sites for hydroxylation is 1. The van der Waals surface area contributed by atoms with Crippen LogP contribution in [0.25, 0.3) is 10.9 Å². The first-order chi connectivity index (χ1) is 19.7. The average Bonchev–Trinajstić information content (AvgIpc) is 3.66. The minimum Gasteiger partial charge on any atom is -0.492 e. The lowest BCUT2D eigenvalue weighted by Gasteiger charge is -2.18. The first kappa shape index (κ1) is 27.1. The number of benzene rings is 3. The number of hydrogen-bond acceptors (Lipinski definition) is 6. The standard InChI is InChI=1S/C33H34FNO6/c1-33(2,37)13-15-35-14-12-20-16-22(5-9-27(20)35)40-28-11-8-26(34)32-25(28)7-10-29(32)41-23-4-6-24-21(17-31(36)38-3)19-39-30(24)18-23/h4-6,8-9,11-12,14,16,18,21,29,37H,7,10,13,15,17,19H2,1-3H3/t21-,29-/m1/s1. The van der Waals surface area contributed by atoms with Gasteiger partial charge in [0.05, 0.1) is 25.7 Å². The summed E-state index contributed by atoms with van der Waals surface area (Å²) in [6, 6.07) is 16.6. The number of methoxy groups -OCH3 is 1. The number of ether oxygens (including phenoxy) is 4. The van der Waals surface area contributed by atoms with Crippen LogP contribution in [-0.2, 0) is 22.5 Å². The van der Waals surface area contributed by atoms with Crippen LogP contribution < -0.4 is 14.2 Å². The largest absolute Gasteiger partial charge is 0.492 e. The average molecular weight is 560 g/mol. The van der Waals surface area contributed by atoms with E-state index in [1.54, 1.807) is 6.07 Å². The fraction of sp³-hybridized carbons (Fsp3) is 0.364. The number of rotatable bonds is 9. The summed E-state index contributed by atoms with van der Waals surface area (Å²) in [6.07, 6.45) is 3.72. The number of aliphatic hydroxyl groups is 1. The molecule has 0 spiro atoms. The van der Waals surface area contributed by atoms with E-state index in [2.05, 4.69) is 4.57 Å². The lowest BCUT2D eigenvalue weighted by Crippen LogP contribution is -2.20. The molecule has 1 N–H and O–H groups in total. The van der Waals surface area contributed by atoms with Crippen LogP contribution in [0.3, 0.4) is 0 Å². The molecule has 7 nitrogen and oxygen atoms in total. The van der Waals surface area contributed by atoms with Crippen molar-refractivity contribution in [2.45, 2.75) is 63.7 Å². The van der Waals surface area contributed by atoms with E-state index in [0.717, 1.165) is 22.0 Å². The first-order valence-electron chi connectivity index (χ1n) is 14.0. The van der Waals surface area contributed by atoms with Crippen LogP contribution in [0.2, 0.25) is 0 Å². The van der Waals surface area contributed by atoms with Gasteiger partial charge in [-0.25, -0.2) is 4.39 Å². The molecule has 1 aliphatic carbocycles. The third-order valence-corrected chi connectivity index (χ3v) is 7.96. The molecule has 0 saturated heterocycles. The molecule has 4 aromatic rings. The predicted octanol–water partition coefficient (Wildman–Crippen LogP) is 6.84. The van der Waals surface area contributed by atoms with Crippen molar-refractivity contribution in [3.63, 3.8) is 0 Å². The van der Waals surface area contributed by atoms with Crippen molar-refractivity contribution in [2.75, 3.05) is 13.7 Å². The van der Waals surface area contributed by atoms with Crippen molar-refractivity contribution in [2.24, 2.45) is 0 Å². The van der Waals surface area contributed by atoms with E-state index in [1.165, 1.54) is 13.2 Å². The Labute approximate surface area is 238 Å². The molecule has 3 aromatic carbocycles. The highest BCUT2D eigenvalue weighted by Gasteiger charge is 2.32. The van der Waals surface area contributed by atoms with Crippen molar-refractivity contribution >= 4 is 16.9 Å². The first-order valence-corrected chi connectivity index (χ1v) is 14.0. The van der Waals surface area contributed by atoms with Crippen molar-refractivity contribution in [1.82, 2.24) is 4.57 Å². The monoisotopic (exact) mass is 559 g/mol. The number of carbonyl (C=O) groups excluding carboxylic acids is 1. The second-order valence-corrected chi connectivity index (χ2v) is 11.5. The minimum atomic E-state index is -0.729. The maximum absolute atomic E-state index is 15.1. The molecule has 41 heavy (non-hydrogen) atoms. The van der Waals surface area contributed by atoms with Gasteiger partial charge < -0.3 is 28.6 Å². The molecule has 2 heterocycles. The van der Waals surface area contributed by atoms with Gasteiger partial charge in [-0.3, -0.25) is 4.79 Å². The van der Waals surface area contributed by atoms with Gasteiger partial charge in [-0.2, -0.15) is 0 Å². The Morgan fingerprint density at radius 1 is 1.12 bits per heavy atom. The summed E-state index contributed by atoms with van der Waals surface area (Å²) in [6.45, 7) is 4.74. The third-order valence-electron chi connectivity index (χ3n) is 7.96. The van der Waals surface area contributed by atoms with Gasteiger partial charge in [0, 0.05) is 52.3 Å². The highest BCUT2D eigenvalue weighted by molar-refractivity contribution is 5.81. The van der Waals surface area contributed by atoms with Crippen LogP contribution in [0, 0.1) is 5.82 Å². The van der Waals surface area contributed by atoms with Gasteiger partial charge in [0.1, 0.15) is 34.9 Å². The van der Waals surface area contributed by atoms with Gasteiger partial charge in [-0.05, 0) is 75.6 Å². The molecule has 0 saturated carbocycles. The van der Waals surface area contributed by atoms with Crippen LogP contribution in [0.4, 0.5) is 4.39 Å². The van der Waals surface area contributed by atoms with E-state index < -0.39 is 11.7 Å². The number of hydrogen-bond donors (Lipinski definition) is 1. The SMILES string of the molecule is COC(=O)C[C@@H]1COc2cc(O[C@@H]3CCc4c(Oc5ccc6c(ccn6CCC(C)(C)O)c5)ccc(F)c43)ccc21. The normalized spacial score (nSPS) is 17.7. The highest BCUT2D eigenvalue weighted by Crippen LogP contribution is 2.44. The molecule has 6 rings (SSSR count). The second kappa shape index (κ2) is 10.7. The van der Waals surface area contributed by atoms with Crippen LogP contribution in [0.15, 0.2) is 60.8 Å². The third kappa shape index (κ3) is 5.61. The zero-order valence-corrected chi connectivity index (χ0v) is 23.5. The molecule has 0 radical (unpaired) electrons. The summed E-state index contributed by atoms with van der Waals surface area (Å²) >= 11 is 0. The number of fused-ring (bicyclic) bond motifs is 3. The summed E-state index contributed by atoms with van der Waals surface area (Å²) in [4.78, 5) is 11.7. The van der Waals surface area contributed by atoms with Crippen LogP contribution in [0.1, 0.15) is 61.8 Å². The molecular weight excluding hydrogens is 525 g/mol. The number of carbonyl (C=O) groups is 1. The molecule has 0 fully saturated rings.